The summed E-state index contributed by atoms with van der Waals surface area (Å²) >= 11 is 4.65. The molecule has 0 aromatic rings. The van der Waals surface area contributed by atoms with E-state index in [2.05, 4.69) is 15.9 Å². The molecule has 2 saturated heterocycles. The molecule has 2 heterocycles. The molecule has 0 aromatic carbocycles. The van der Waals surface area contributed by atoms with Crippen LogP contribution in [0, 0.1) is 0 Å². The van der Waals surface area contributed by atoms with Gasteiger partial charge in [0.2, 0.25) is 0 Å². The molecule has 0 amide bonds. The number of carbonyl (C=O) groups is 1. The van der Waals surface area contributed by atoms with E-state index in [1.54, 1.807) is 0 Å². The first-order valence-corrected chi connectivity index (χ1v) is 10.3. The Kier molecular flexibility index (Phi) is 7.34. The highest BCUT2D eigenvalue weighted by Crippen LogP contribution is 2.42. The number of halogens is 3. The van der Waals surface area contributed by atoms with Crippen molar-refractivity contribution in [3.63, 3.8) is 0 Å². The van der Waals surface area contributed by atoms with Crippen molar-refractivity contribution in [1.29, 1.82) is 0 Å². The largest absolute Gasteiger partial charge is 0.382 e. The van der Waals surface area contributed by atoms with E-state index in [9.17, 15) is 28.9 Å². The molecule has 2 rings (SSSR count). The van der Waals surface area contributed by atoms with E-state index in [1.807, 2.05) is 0 Å². The maximum atomic E-state index is 14.3. The number of carbonyl (C=O) groups excluding carboxylic acids is 1. The van der Waals surface area contributed by atoms with Crippen molar-refractivity contribution in [1.82, 2.24) is 0 Å². The minimum atomic E-state index is -4.48. The van der Waals surface area contributed by atoms with Gasteiger partial charge in [0.25, 0.3) is 10.5 Å². The molecule has 0 aromatic heterocycles. The Morgan fingerprint density at radius 3 is 2.17 bits per heavy atom. The smallest absolute Gasteiger partial charge is 0.370 e. The first-order chi connectivity index (χ1) is 11.2. The number of hydrogen-bond donors (Lipinski definition) is 3. The Bertz CT molecular complexity index is 448. The van der Waals surface area contributed by atoms with E-state index in [0.29, 0.717) is 25.0 Å². The Morgan fingerprint density at radius 2 is 1.71 bits per heavy atom. The normalized spacial score (nSPS) is 30.1. The molecule has 140 valence electrons. The van der Waals surface area contributed by atoms with Crippen LogP contribution in [0.4, 0.5) is 8.78 Å². The van der Waals surface area contributed by atoms with Gasteiger partial charge in [0.15, 0.2) is 12.4 Å². The molecule has 2 fully saturated rings. The zero-order chi connectivity index (χ0) is 18.0. The summed E-state index contributed by atoms with van der Waals surface area (Å²) in [5.41, 5.74) is -1.30. The third-order valence-electron chi connectivity index (χ3n) is 3.75. The van der Waals surface area contributed by atoms with Gasteiger partial charge in [-0.25, -0.2) is 0 Å². The van der Waals surface area contributed by atoms with Crippen molar-refractivity contribution >= 4 is 44.1 Å². The van der Waals surface area contributed by atoms with Crippen molar-refractivity contribution in [3.05, 3.63) is 0 Å². The summed E-state index contributed by atoms with van der Waals surface area (Å²) in [5, 5.41) is 30.4. The monoisotopic (exact) mass is 452 g/mol. The van der Waals surface area contributed by atoms with Crippen LogP contribution in [0.3, 0.4) is 0 Å². The van der Waals surface area contributed by atoms with Crippen LogP contribution >= 0.6 is 39.5 Å². The number of thioether (sulfide) groups is 2. The van der Waals surface area contributed by atoms with Crippen LogP contribution in [0.15, 0.2) is 0 Å². The van der Waals surface area contributed by atoms with Crippen LogP contribution in [0.25, 0.3) is 0 Å². The number of rotatable bonds is 8. The maximum Gasteiger partial charge on any atom is 0.370 e. The first kappa shape index (κ1) is 20.8. The third kappa shape index (κ3) is 4.43. The molecular formula is C13H19BrF2O6S2. The van der Waals surface area contributed by atoms with E-state index in [-0.39, 0.29) is 0 Å². The van der Waals surface area contributed by atoms with Crippen molar-refractivity contribution in [2.75, 3.05) is 11.5 Å². The second-order valence-corrected chi connectivity index (χ2v) is 8.77. The summed E-state index contributed by atoms with van der Waals surface area (Å²) in [5.74, 6) is -6.67. The number of aliphatic hydroxyl groups is 3. The van der Waals surface area contributed by atoms with Gasteiger partial charge < -0.3 is 24.8 Å². The maximum absolute atomic E-state index is 14.3. The van der Waals surface area contributed by atoms with E-state index in [1.165, 1.54) is 23.5 Å². The summed E-state index contributed by atoms with van der Waals surface area (Å²) in [6.45, 7) is 0. The summed E-state index contributed by atoms with van der Waals surface area (Å²) < 4.78 is 36.8. The van der Waals surface area contributed by atoms with Crippen LogP contribution in [0.1, 0.15) is 25.7 Å². The SMILES string of the molecule is O=C(Br)C(F)(F)[C@@](O)(OC1CCCS1)[C@H](O)C(O)OC1CCCS1. The molecular weight excluding hydrogens is 434 g/mol. The molecule has 0 aliphatic carbocycles. The lowest BCUT2D eigenvalue weighted by Crippen LogP contribution is -2.65. The predicted molar refractivity (Wildman–Crippen MR) is 89.0 cm³/mol. The van der Waals surface area contributed by atoms with E-state index in [4.69, 9.17) is 9.47 Å². The number of aliphatic hydroxyl groups excluding tert-OH is 2. The second kappa shape index (κ2) is 8.47. The summed E-state index contributed by atoms with van der Waals surface area (Å²) in [7, 11) is 0. The predicted octanol–water partition coefficient (Wildman–Crippen LogP) is 1.65. The minimum absolute atomic E-state index is 0.377. The summed E-state index contributed by atoms with van der Waals surface area (Å²) in [6, 6.07) is 0. The Labute approximate surface area is 154 Å². The van der Waals surface area contributed by atoms with Gasteiger partial charge in [0.1, 0.15) is 10.9 Å². The second-order valence-electron chi connectivity index (χ2n) is 5.52. The molecule has 0 saturated carbocycles. The molecule has 6 nitrogen and oxygen atoms in total. The lowest BCUT2D eigenvalue weighted by atomic mass is 10.0. The van der Waals surface area contributed by atoms with Crippen molar-refractivity contribution in [2.45, 2.75) is 60.7 Å². The van der Waals surface area contributed by atoms with Gasteiger partial charge >= 0.3 is 5.92 Å². The highest BCUT2D eigenvalue weighted by Gasteiger charge is 2.66. The fourth-order valence-electron chi connectivity index (χ4n) is 2.39. The fourth-order valence-corrected chi connectivity index (χ4v) is 4.94. The van der Waals surface area contributed by atoms with Crippen LogP contribution in [0.5, 0.6) is 0 Å². The molecule has 0 spiro atoms. The van der Waals surface area contributed by atoms with Gasteiger partial charge in [-0.05, 0) is 53.1 Å². The van der Waals surface area contributed by atoms with E-state index >= 15 is 0 Å². The zero-order valence-electron chi connectivity index (χ0n) is 12.6. The molecule has 2 aliphatic rings. The standard InChI is InChI=1S/C13H19BrF2O6S2/c14-11(19)12(15,16)13(20,22-8-4-2-6-24-8)9(17)10(18)21-7-3-1-5-23-7/h7-10,17-18,20H,1-6H2/t7?,8?,9-,10?,13+/m1/s1. The number of hydrogen-bond acceptors (Lipinski definition) is 8. The van der Waals surface area contributed by atoms with Gasteiger partial charge in [-0.15, -0.1) is 23.5 Å². The van der Waals surface area contributed by atoms with Crippen LogP contribution in [-0.4, -0.2) is 66.5 Å². The van der Waals surface area contributed by atoms with Gasteiger partial charge in [-0.2, -0.15) is 8.78 Å². The number of ether oxygens (including phenoxy) is 2. The molecule has 3 unspecified atom stereocenters. The van der Waals surface area contributed by atoms with Crippen molar-refractivity contribution in [2.24, 2.45) is 0 Å². The quantitative estimate of drug-likeness (QED) is 0.377. The molecule has 5 atom stereocenters. The highest BCUT2D eigenvalue weighted by atomic mass is 79.9. The average molecular weight is 453 g/mol. The first-order valence-electron chi connectivity index (χ1n) is 7.41. The average Bonchev–Trinajstić information content (AvgIpc) is 3.19. The van der Waals surface area contributed by atoms with Crippen molar-refractivity contribution < 1.29 is 38.4 Å². The molecule has 3 N–H and O–H groups in total. The van der Waals surface area contributed by atoms with Crippen LogP contribution in [-0.2, 0) is 14.3 Å². The van der Waals surface area contributed by atoms with Crippen LogP contribution in [0.2, 0.25) is 0 Å². The van der Waals surface area contributed by atoms with Crippen LogP contribution < -0.4 is 0 Å². The van der Waals surface area contributed by atoms with E-state index in [0.717, 1.165) is 12.2 Å². The Balaban J connectivity index is 2.17. The van der Waals surface area contributed by atoms with Gasteiger partial charge in [0, 0.05) is 0 Å². The molecule has 0 bridgehead atoms. The van der Waals surface area contributed by atoms with Gasteiger partial charge in [0.05, 0.1) is 0 Å². The highest BCUT2D eigenvalue weighted by molar-refractivity contribution is 9.18. The molecule has 24 heavy (non-hydrogen) atoms. The Hall–Kier alpha value is 0.510. The lowest BCUT2D eigenvalue weighted by molar-refractivity contribution is -0.370. The van der Waals surface area contributed by atoms with E-state index < -0.39 is 39.7 Å². The third-order valence-corrected chi connectivity index (χ3v) is 6.71. The molecule has 11 heteroatoms. The van der Waals surface area contributed by atoms with Crippen molar-refractivity contribution in [3.8, 4) is 0 Å². The summed E-state index contributed by atoms with van der Waals surface area (Å²) in [4.78, 5) is 11.2. The zero-order valence-corrected chi connectivity index (χ0v) is 15.8. The minimum Gasteiger partial charge on any atom is -0.382 e. The lowest BCUT2D eigenvalue weighted by Gasteiger charge is -2.40. The molecule has 2 aliphatic heterocycles. The van der Waals surface area contributed by atoms with Gasteiger partial charge in [-0.3, -0.25) is 4.79 Å². The summed E-state index contributed by atoms with van der Waals surface area (Å²) in [6.07, 6.45) is -2.19. The Morgan fingerprint density at radius 1 is 1.17 bits per heavy atom. The number of alkyl halides is 2. The fraction of sp³-hybridized carbons (Fsp3) is 0.923. The topological polar surface area (TPSA) is 96.2 Å². The van der Waals surface area contributed by atoms with Gasteiger partial charge in [-0.1, -0.05) is 0 Å². The molecule has 0 radical (unpaired) electrons.